The third-order valence-electron chi connectivity index (χ3n) is 1.42. The zero-order chi connectivity index (χ0) is 9.52. The van der Waals surface area contributed by atoms with Crippen LogP contribution in [0.3, 0.4) is 0 Å². The summed E-state index contributed by atoms with van der Waals surface area (Å²) in [6, 6.07) is 9.95. The highest BCUT2D eigenvalue weighted by molar-refractivity contribution is 5.76. The molecule has 4 heteroatoms. The second-order valence-electron chi connectivity index (χ2n) is 2.51. The molecule has 4 nitrogen and oxygen atoms in total. The summed E-state index contributed by atoms with van der Waals surface area (Å²) < 4.78 is 0. The predicted octanol–water partition coefficient (Wildman–Crippen LogP) is 0.488. The zero-order valence-corrected chi connectivity index (χ0v) is 7.22. The van der Waals surface area contributed by atoms with Crippen LogP contribution in [0.25, 0.3) is 0 Å². The van der Waals surface area contributed by atoms with Crippen LogP contribution in [0.5, 0.6) is 0 Å². The van der Waals surface area contributed by atoms with Gasteiger partial charge in [-0.25, -0.2) is 0 Å². The van der Waals surface area contributed by atoms with E-state index in [0.717, 1.165) is 6.42 Å². The Morgan fingerprint density at radius 3 is 2.54 bits per heavy atom. The number of nitrogens with zero attached hydrogens (tertiary/aromatic N) is 2. The van der Waals surface area contributed by atoms with Crippen LogP contribution in [0.4, 0.5) is 0 Å². The first-order valence-electron chi connectivity index (χ1n) is 3.93. The summed E-state index contributed by atoms with van der Waals surface area (Å²) in [5.41, 5.74) is 11.3. The van der Waals surface area contributed by atoms with Crippen LogP contribution >= 0.6 is 0 Å². The lowest BCUT2D eigenvalue weighted by molar-refractivity contribution is 1.19. The lowest BCUT2D eigenvalue weighted by atomic mass is 10.2. The van der Waals surface area contributed by atoms with E-state index >= 15 is 0 Å². The standard InChI is InChI=1S/C9H12N4/c10-9(11)13-12-7-6-8-4-2-1-3-5-8/h1-5,7H,6H2,(H4,10,11,13)/b12-7+. The molecule has 0 atom stereocenters. The Kier molecular flexibility index (Phi) is 3.50. The molecule has 68 valence electrons. The van der Waals surface area contributed by atoms with Gasteiger partial charge in [-0.05, 0) is 5.56 Å². The van der Waals surface area contributed by atoms with Gasteiger partial charge in [-0.1, -0.05) is 30.3 Å². The van der Waals surface area contributed by atoms with Crippen LogP contribution in [-0.2, 0) is 6.42 Å². The van der Waals surface area contributed by atoms with Gasteiger partial charge < -0.3 is 11.5 Å². The summed E-state index contributed by atoms with van der Waals surface area (Å²) >= 11 is 0. The number of nitrogens with two attached hydrogens (primary N) is 2. The van der Waals surface area contributed by atoms with Gasteiger partial charge in [0, 0.05) is 12.6 Å². The molecule has 0 fully saturated rings. The molecule has 0 unspecified atom stereocenters. The van der Waals surface area contributed by atoms with Crippen molar-refractivity contribution in [2.45, 2.75) is 6.42 Å². The molecule has 4 N–H and O–H groups in total. The van der Waals surface area contributed by atoms with Crippen LogP contribution in [0.15, 0.2) is 40.5 Å². The molecule has 0 aliphatic rings. The summed E-state index contributed by atoms with van der Waals surface area (Å²) in [6.45, 7) is 0. The molecule has 0 aliphatic carbocycles. The van der Waals surface area contributed by atoms with Gasteiger partial charge in [0.1, 0.15) is 0 Å². The first kappa shape index (κ1) is 9.25. The van der Waals surface area contributed by atoms with Gasteiger partial charge in [0.2, 0.25) is 5.96 Å². The minimum atomic E-state index is -0.0238. The summed E-state index contributed by atoms with van der Waals surface area (Å²) in [5.74, 6) is -0.0238. The molecular weight excluding hydrogens is 164 g/mol. The molecule has 0 radical (unpaired) electrons. The summed E-state index contributed by atoms with van der Waals surface area (Å²) in [5, 5.41) is 7.16. The van der Waals surface area contributed by atoms with Crippen LogP contribution in [-0.4, -0.2) is 12.2 Å². The number of rotatable bonds is 3. The van der Waals surface area contributed by atoms with Gasteiger partial charge in [0.05, 0.1) is 0 Å². The van der Waals surface area contributed by atoms with E-state index in [1.807, 2.05) is 30.3 Å². The van der Waals surface area contributed by atoms with Gasteiger partial charge in [0.25, 0.3) is 0 Å². The normalized spacial score (nSPS) is 10.2. The van der Waals surface area contributed by atoms with Crippen molar-refractivity contribution in [1.82, 2.24) is 0 Å². The second kappa shape index (κ2) is 4.92. The Hall–Kier alpha value is -1.84. The van der Waals surface area contributed by atoms with Crippen molar-refractivity contribution in [3.8, 4) is 0 Å². The zero-order valence-electron chi connectivity index (χ0n) is 7.22. The molecule has 0 aliphatic heterocycles. The Morgan fingerprint density at radius 1 is 1.23 bits per heavy atom. The van der Waals surface area contributed by atoms with Crippen molar-refractivity contribution in [2.24, 2.45) is 21.7 Å². The van der Waals surface area contributed by atoms with Crippen molar-refractivity contribution in [1.29, 1.82) is 0 Å². The Bertz CT molecular complexity index is 299. The van der Waals surface area contributed by atoms with E-state index in [1.54, 1.807) is 6.21 Å². The predicted molar refractivity (Wildman–Crippen MR) is 54.4 cm³/mol. The van der Waals surface area contributed by atoms with E-state index in [1.165, 1.54) is 5.56 Å². The van der Waals surface area contributed by atoms with Crippen molar-refractivity contribution < 1.29 is 0 Å². The highest BCUT2D eigenvalue weighted by atomic mass is 15.3. The number of hydrogen-bond acceptors (Lipinski definition) is 2. The lowest BCUT2D eigenvalue weighted by Gasteiger charge is -1.91. The molecule has 1 aromatic rings. The molecular formula is C9H12N4. The summed E-state index contributed by atoms with van der Waals surface area (Å²) in [7, 11) is 0. The maximum Gasteiger partial charge on any atom is 0.211 e. The van der Waals surface area contributed by atoms with E-state index in [4.69, 9.17) is 11.5 Å². The molecule has 1 aromatic carbocycles. The summed E-state index contributed by atoms with van der Waals surface area (Å²) in [6.07, 6.45) is 2.40. The third-order valence-corrected chi connectivity index (χ3v) is 1.42. The Balaban J connectivity index is 2.44. The molecule has 0 spiro atoms. The first-order chi connectivity index (χ1) is 6.29. The van der Waals surface area contributed by atoms with Crippen LogP contribution in [0, 0.1) is 0 Å². The SMILES string of the molecule is NC(N)=N/N=C/Cc1ccccc1. The fourth-order valence-electron chi connectivity index (χ4n) is 0.868. The monoisotopic (exact) mass is 176 g/mol. The average molecular weight is 176 g/mol. The lowest BCUT2D eigenvalue weighted by Crippen LogP contribution is -2.21. The van der Waals surface area contributed by atoms with Crippen molar-refractivity contribution in [3.63, 3.8) is 0 Å². The minimum absolute atomic E-state index is 0.0238. The van der Waals surface area contributed by atoms with Gasteiger partial charge in [-0.2, -0.15) is 5.10 Å². The quantitative estimate of drug-likeness (QED) is 0.399. The van der Waals surface area contributed by atoms with Gasteiger partial charge in [0.15, 0.2) is 0 Å². The van der Waals surface area contributed by atoms with Crippen molar-refractivity contribution in [3.05, 3.63) is 35.9 Å². The van der Waals surface area contributed by atoms with Crippen molar-refractivity contribution >= 4 is 12.2 Å². The highest BCUT2D eigenvalue weighted by Gasteiger charge is 1.85. The molecule has 0 heterocycles. The maximum atomic E-state index is 5.09. The molecule has 0 aromatic heterocycles. The Labute approximate surface area is 77.0 Å². The molecule has 13 heavy (non-hydrogen) atoms. The van der Waals surface area contributed by atoms with Crippen molar-refractivity contribution in [2.75, 3.05) is 0 Å². The number of hydrogen-bond donors (Lipinski definition) is 2. The molecule has 0 saturated carbocycles. The molecule has 0 saturated heterocycles. The fourth-order valence-corrected chi connectivity index (χ4v) is 0.868. The fraction of sp³-hybridized carbons (Fsp3) is 0.111. The Morgan fingerprint density at radius 2 is 1.92 bits per heavy atom. The topological polar surface area (TPSA) is 76.8 Å². The van der Waals surface area contributed by atoms with E-state index in [0.29, 0.717) is 0 Å². The molecule has 0 bridgehead atoms. The largest absolute Gasteiger partial charge is 0.369 e. The minimum Gasteiger partial charge on any atom is -0.369 e. The third kappa shape index (κ3) is 3.91. The first-order valence-corrected chi connectivity index (χ1v) is 3.93. The van der Waals surface area contributed by atoms with E-state index < -0.39 is 0 Å². The van der Waals surface area contributed by atoms with E-state index in [2.05, 4.69) is 10.2 Å². The van der Waals surface area contributed by atoms with Gasteiger partial charge >= 0.3 is 0 Å². The maximum absolute atomic E-state index is 5.09. The van der Waals surface area contributed by atoms with Crippen LogP contribution in [0.2, 0.25) is 0 Å². The number of guanidine groups is 1. The smallest absolute Gasteiger partial charge is 0.211 e. The molecule has 1 rings (SSSR count). The van der Waals surface area contributed by atoms with E-state index in [9.17, 15) is 0 Å². The average Bonchev–Trinajstić information content (AvgIpc) is 2.14. The van der Waals surface area contributed by atoms with E-state index in [-0.39, 0.29) is 5.96 Å². The number of benzene rings is 1. The van der Waals surface area contributed by atoms with Gasteiger partial charge in [-0.15, -0.1) is 5.10 Å². The highest BCUT2D eigenvalue weighted by Crippen LogP contribution is 1.97. The van der Waals surface area contributed by atoms with Crippen LogP contribution < -0.4 is 11.5 Å². The van der Waals surface area contributed by atoms with Gasteiger partial charge in [-0.3, -0.25) is 0 Å². The van der Waals surface area contributed by atoms with Crippen LogP contribution in [0.1, 0.15) is 5.56 Å². The summed E-state index contributed by atoms with van der Waals surface area (Å²) in [4.78, 5) is 0. The second-order valence-corrected chi connectivity index (χ2v) is 2.51. The molecule has 0 amide bonds.